The average molecular weight is 258 g/mol. The molecule has 1 aromatic carbocycles. The number of hydrogen-bond donors (Lipinski definition) is 2. The van der Waals surface area contributed by atoms with Crippen LogP contribution >= 0.6 is 0 Å². The predicted molar refractivity (Wildman–Crippen MR) is 80.9 cm³/mol. The van der Waals surface area contributed by atoms with E-state index in [-0.39, 0.29) is 5.41 Å². The number of hydrogen-bond acceptors (Lipinski definition) is 2. The standard InChI is InChI=1S/C16H22N2O/c1-4-9-16(2,3)11-17-15-13(10-19)12-7-5-6-8-14(12)18-15/h5-8,10,17-18H,4,9,11H2,1-3H3. The maximum absolute atomic E-state index is 11.3. The highest BCUT2D eigenvalue weighted by molar-refractivity contribution is 6.03. The quantitative estimate of drug-likeness (QED) is 0.762. The maximum atomic E-state index is 11.3. The number of para-hydroxylation sites is 1. The Morgan fingerprint density at radius 1 is 1.32 bits per heavy atom. The molecule has 2 N–H and O–H groups in total. The number of aldehydes is 1. The lowest BCUT2D eigenvalue weighted by Crippen LogP contribution is -2.23. The van der Waals surface area contributed by atoms with Gasteiger partial charge in [0.05, 0.1) is 5.56 Å². The van der Waals surface area contributed by atoms with Gasteiger partial charge in [0.2, 0.25) is 0 Å². The number of anilines is 1. The number of aromatic amines is 1. The van der Waals surface area contributed by atoms with Crippen molar-refractivity contribution in [3.8, 4) is 0 Å². The minimum absolute atomic E-state index is 0.228. The molecule has 0 aliphatic heterocycles. The number of benzene rings is 1. The first-order valence-corrected chi connectivity index (χ1v) is 6.87. The van der Waals surface area contributed by atoms with Crippen LogP contribution in [-0.4, -0.2) is 17.8 Å². The summed E-state index contributed by atoms with van der Waals surface area (Å²) in [6.07, 6.45) is 3.26. The zero-order chi connectivity index (χ0) is 13.9. The molecular formula is C16H22N2O. The Balaban J connectivity index is 2.23. The zero-order valence-corrected chi connectivity index (χ0v) is 11.9. The molecule has 0 unspecified atom stereocenters. The van der Waals surface area contributed by atoms with Gasteiger partial charge in [-0.15, -0.1) is 0 Å². The normalized spacial score (nSPS) is 11.7. The predicted octanol–water partition coefficient (Wildman–Crippen LogP) is 4.22. The van der Waals surface area contributed by atoms with Gasteiger partial charge in [-0.05, 0) is 17.9 Å². The van der Waals surface area contributed by atoms with Gasteiger partial charge in [0.25, 0.3) is 0 Å². The molecule has 19 heavy (non-hydrogen) atoms. The molecule has 0 atom stereocenters. The van der Waals surface area contributed by atoms with Gasteiger partial charge in [-0.1, -0.05) is 45.4 Å². The molecule has 3 heteroatoms. The zero-order valence-electron chi connectivity index (χ0n) is 11.9. The lowest BCUT2D eigenvalue weighted by Gasteiger charge is -2.24. The van der Waals surface area contributed by atoms with E-state index in [1.807, 2.05) is 24.3 Å². The van der Waals surface area contributed by atoms with Crippen LogP contribution in [0.5, 0.6) is 0 Å². The topological polar surface area (TPSA) is 44.9 Å². The van der Waals surface area contributed by atoms with Gasteiger partial charge in [0.15, 0.2) is 6.29 Å². The Morgan fingerprint density at radius 2 is 2.05 bits per heavy atom. The first-order valence-electron chi connectivity index (χ1n) is 6.87. The average Bonchev–Trinajstić information content (AvgIpc) is 2.74. The summed E-state index contributed by atoms with van der Waals surface area (Å²) in [4.78, 5) is 14.6. The number of aromatic nitrogens is 1. The molecule has 0 fully saturated rings. The summed E-state index contributed by atoms with van der Waals surface area (Å²) in [5.41, 5.74) is 1.95. The summed E-state index contributed by atoms with van der Waals surface area (Å²) < 4.78 is 0. The summed E-state index contributed by atoms with van der Waals surface area (Å²) in [6, 6.07) is 7.88. The highest BCUT2D eigenvalue weighted by atomic mass is 16.1. The van der Waals surface area contributed by atoms with E-state index in [0.29, 0.717) is 0 Å². The van der Waals surface area contributed by atoms with E-state index in [1.54, 1.807) is 0 Å². The van der Waals surface area contributed by atoms with Crippen LogP contribution < -0.4 is 5.32 Å². The third kappa shape index (κ3) is 2.98. The van der Waals surface area contributed by atoms with E-state index in [1.165, 1.54) is 6.42 Å². The molecule has 0 amide bonds. The highest BCUT2D eigenvalue weighted by Gasteiger charge is 2.18. The summed E-state index contributed by atoms with van der Waals surface area (Å²) >= 11 is 0. The summed E-state index contributed by atoms with van der Waals surface area (Å²) in [5, 5.41) is 4.37. The third-order valence-corrected chi connectivity index (χ3v) is 3.53. The van der Waals surface area contributed by atoms with Crippen molar-refractivity contribution in [2.24, 2.45) is 5.41 Å². The number of carbonyl (C=O) groups is 1. The Hall–Kier alpha value is -1.77. The fourth-order valence-electron chi connectivity index (χ4n) is 2.52. The van der Waals surface area contributed by atoms with E-state index in [4.69, 9.17) is 0 Å². The van der Waals surface area contributed by atoms with Gasteiger partial charge >= 0.3 is 0 Å². The second kappa shape index (κ2) is 5.47. The van der Waals surface area contributed by atoms with Crippen molar-refractivity contribution in [2.45, 2.75) is 33.6 Å². The Morgan fingerprint density at radius 3 is 2.74 bits per heavy atom. The number of fused-ring (bicyclic) bond motifs is 1. The molecule has 0 saturated heterocycles. The van der Waals surface area contributed by atoms with Gasteiger partial charge < -0.3 is 10.3 Å². The van der Waals surface area contributed by atoms with Crippen molar-refractivity contribution < 1.29 is 4.79 Å². The van der Waals surface area contributed by atoms with E-state index >= 15 is 0 Å². The number of rotatable bonds is 6. The number of carbonyl (C=O) groups excluding carboxylic acids is 1. The van der Waals surface area contributed by atoms with Crippen LogP contribution in [0.1, 0.15) is 44.0 Å². The summed E-state index contributed by atoms with van der Waals surface area (Å²) in [5.74, 6) is 0.834. The van der Waals surface area contributed by atoms with Crippen molar-refractivity contribution in [3.05, 3.63) is 29.8 Å². The van der Waals surface area contributed by atoms with Crippen molar-refractivity contribution in [1.29, 1.82) is 0 Å². The van der Waals surface area contributed by atoms with Crippen molar-refractivity contribution in [1.82, 2.24) is 4.98 Å². The summed E-state index contributed by atoms with van der Waals surface area (Å²) in [7, 11) is 0. The molecule has 0 aliphatic carbocycles. The maximum Gasteiger partial charge on any atom is 0.154 e. The minimum Gasteiger partial charge on any atom is -0.370 e. The lowest BCUT2D eigenvalue weighted by molar-refractivity contribution is 0.112. The molecule has 102 valence electrons. The molecule has 0 bridgehead atoms. The molecule has 2 rings (SSSR count). The molecule has 2 aromatic rings. The van der Waals surface area contributed by atoms with Crippen LogP contribution in [0.3, 0.4) is 0 Å². The molecule has 1 heterocycles. The Bertz CT molecular complexity index is 569. The van der Waals surface area contributed by atoms with Gasteiger partial charge in [0, 0.05) is 17.4 Å². The SMILES string of the molecule is CCCC(C)(C)CNc1[nH]c2ccccc2c1C=O. The first kappa shape index (κ1) is 13.7. The van der Waals surface area contributed by atoms with E-state index in [9.17, 15) is 4.79 Å². The second-order valence-electron chi connectivity index (χ2n) is 5.84. The summed E-state index contributed by atoms with van der Waals surface area (Å²) in [6.45, 7) is 7.54. The molecule has 0 spiro atoms. The van der Waals surface area contributed by atoms with Crippen LogP contribution in [0.2, 0.25) is 0 Å². The smallest absolute Gasteiger partial charge is 0.154 e. The van der Waals surface area contributed by atoms with Crippen molar-refractivity contribution in [3.63, 3.8) is 0 Å². The molecule has 0 saturated carbocycles. The van der Waals surface area contributed by atoms with Gasteiger partial charge in [-0.2, -0.15) is 0 Å². The fraction of sp³-hybridized carbons (Fsp3) is 0.438. The molecule has 1 aromatic heterocycles. The number of nitrogens with one attached hydrogen (secondary N) is 2. The largest absolute Gasteiger partial charge is 0.370 e. The van der Waals surface area contributed by atoms with E-state index in [2.05, 4.69) is 31.1 Å². The van der Waals surface area contributed by atoms with Crippen molar-refractivity contribution >= 4 is 23.0 Å². The minimum atomic E-state index is 0.228. The molecule has 0 radical (unpaired) electrons. The van der Waals surface area contributed by atoms with Crippen LogP contribution in [-0.2, 0) is 0 Å². The molecule has 0 aliphatic rings. The Kier molecular flexibility index (Phi) is 3.93. The van der Waals surface area contributed by atoms with E-state index in [0.717, 1.165) is 41.5 Å². The highest BCUT2D eigenvalue weighted by Crippen LogP contribution is 2.27. The van der Waals surface area contributed by atoms with Crippen LogP contribution in [0, 0.1) is 5.41 Å². The Labute approximate surface area is 114 Å². The third-order valence-electron chi connectivity index (χ3n) is 3.53. The van der Waals surface area contributed by atoms with Gasteiger partial charge in [-0.25, -0.2) is 0 Å². The lowest BCUT2D eigenvalue weighted by atomic mass is 9.88. The van der Waals surface area contributed by atoms with Crippen LogP contribution in [0.4, 0.5) is 5.82 Å². The number of H-pyrrole nitrogens is 1. The second-order valence-corrected chi connectivity index (χ2v) is 5.84. The van der Waals surface area contributed by atoms with Gasteiger partial charge in [0.1, 0.15) is 5.82 Å². The van der Waals surface area contributed by atoms with Gasteiger partial charge in [-0.3, -0.25) is 4.79 Å². The van der Waals surface area contributed by atoms with E-state index < -0.39 is 0 Å². The molecular weight excluding hydrogens is 236 g/mol. The van der Waals surface area contributed by atoms with Crippen molar-refractivity contribution in [2.75, 3.05) is 11.9 Å². The first-order chi connectivity index (χ1) is 9.07. The van der Waals surface area contributed by atoms with Crippen LogP contribution in [0.15, 0.2) is 24.3 Å². The fourth-order valence-corrected chi connectivity index (χ4v) is 2.52. The van der Waals surface area contributed by atoms with Crippen LogP contribution in [0.25, 0.3) is 10.9 Å². The molecule has 3 nitrogen and oxygen atoms in total. The monoisotopic (exact) mass is 258 g/mol.